The SMILES string of the molecule is CC(CCCc1nc2cc(C(=O)N3CCN(c4ccccc4)CC3)ccc2nc1-c1ccc(Cl)cc1)C(=O)O. The van der Waals surface area contributed by atoms with E-state index in [2.05, 4.69) is 17.0 Å². The highest BCUT2D eigenvalue weighted by Gasteiger charge is 2.23. The standard InChI is InChI=1S/C31H31ClN4O3/c1-21(31(38)39)6-5-9-27-29(22-10-13-24(32)14-11-22)34-26-15-12-23(20-28(26)33-27)30(37)36-18-16-35(17-19-36)25-7-3-2-4-8-25/h2-4,7-8,10-15,20-21H,5-6,9,16-19H2,1H3,(H,38,39). The van der Waals surface area contributed by atoms with E-state index in [4.69, 9.17) is 21.6 Å². The molecule has 1 amide bonds. The number of carboxylic acids is 1. The first kappa shape index (κ1) is 26.6. The number of nitrogens with zero attached hydrogens (tertiary/aromatic N) is 4. The summed E-state index contributed by atoms with van der Waals surface area (Å²) in [5, 5.41) is 9.90. The van der Waals surface area contributed by atoms with Crippen LogP contribution in [-0.2, 0) is 11.2 Å². The average Bonchev–Trinajstić information content (AvgIpc) is 2.97. The number of aryl methyl sites for hydroxylation is 1. The zero-order chi connectivity index (χ0) is 27.4. The Bertz CT molecular complexity index is 1470. The van der Waals surface area contributed by atoms with Gasteiger partial charge in [0.25, 0.3) is 5.91 Å². The number of aromatic nitrogens is 2. The van der Waals surface area contributed by atoms with Crippen LogP contribution in [0.25, 0.3) is 22.3 Å². The minimum atomic E-state index is -0.801. The molecule has 1 aromatic heterocycles. The van der Waals surface area contributed by atoms with Crippen molar-refractivity contribution in [3.63, 3.8) is 0 Å². The van der Waals surface area contributed by atoms with Crippen molar-refractivity contribution >= 4 is 40.2 Å². The monoisotopic (exact) mass is 542 g/mol. The molecule has 2 heterocycles. The predicted octanol–water partition coefficient (Wildman–Crippen LogP) is 5.96. The first-order valence-electron chi connectivity index (χ1n) is 13.3. The Morgan fingerprint density at radius 1 is 0.923 bits per heavy atom. The maximum atomic E-state index is 13.4. The number of halogens is 1. The fourth-order valence-electron chi connectivity index (χ4n) is 4.93. The zero-order valence-electron chi connectivity index (χ0n) is 21.9. The van der Waals surface area contributed by atoms with Gasteiger partial charge in [-0.25, -0.2) is 9.97 Å². The van der Waals surface area contributed by atoms with Crippen LogP contribution in [0.1, 0.15) is 35.8 Å². The quantitative estimate of drug-likeness (QED) is 0.296. The number of hydrogen-bond acceptors (Lipinski definition) is 5. The number of piperazine rings is 1. The third-order valence-corrected chi connectivity index (χ3v) is 7.51. The Balaban J connectivity index is 1.38. The fraction of sp³-hybridized carbons (Fsp3) is 0.290. The topological polar surface area (TPSA) is 86.6 Å². The summed E-state index contributed by atoms with van der Waals surface area (Å²) in [5.74, 6) is -1.24. The molecule has 1 fully saturated rings. The minimum absolute atomic E-state index is 0.00924. The Morgan fingerprint density at radius 2 is 1.64 bits per heavy atom. The van der Waals surface area contributed by atoms with Gasteiger partial charge in [0, 0.05) is 48.0 Å². The van der Waals surface area contributed by atoms with E-state index < -0.39 is 11.9 Å². The summed E-state index contributed by atoms with van der Waals surface area (Å²) >= 11 is 6.10. The van der Waals surface area contributed by atoms with Gasteiger partial charge < -0.3 is 14.9 Å². The molecule has 1 N–H and O–H groups in total. The smallest absolute Gasteiger partial charge is 0.306 e. The summed E-state index contributed by atoms with van der Waals surface area (Å²) in [6.07, 6.45) is 1.79. The second kappa shape index (κ2) is 11.8. The van der Waals surface area contributed by atoms with Crippen molar-refractivity contribution < 1.29 is 14.7 Å². The minimum Gasteiger partial charge on any atom is -0.481 e. The zero-order valence-corrected chi connectivity index (χ0v) is 22.6. The Morgan fingerprint density at radius 3 is 2.33 bits per heavy atom. The summed E-state index contributed by atoms with van der Waals surface area (Å²) in [4.78, 5) is 38.7. The van der Waals surface area contributed by atoms with E-state index in [0.29, 0.717) is 54.0 Å². The van der Waals surface area contributed by atoms with E-state index in [1.165, 1.54) is 5.69 Å². The van der Waals surface area contributed by atoms with Crippen molar-refractivity contribution in [1.29, 1.82) is 0 Å². The third kappa shape index (κ3) is 6.20. The molecular weight excluding hydrogens is 512 g/mol. The van der Waals surface area contributed by atoms with E-state index in [-0.39, 0.29) is 5.91 Å². The molecule has 0 spiro atoms. The molecule has 1 atom stereocenters. The number of benzene rings is 3. The van der Waals surface area contributed by atoms with Crippen LogP contribution in [0.2, 0.25) is 5.02 Å². The van der Waals surface area contributed by atoms with Gasteiger partial charge in [0.15, 0.2) is 0 Å². The number of carbonyl (C=O) groups excluding carboxylic acids is 1. The van der Waals surface area contributed by atoms with E-state index >= 15 is 0 Å². The molecule has 1 aliphatic heterocycles. The van der Waals surface area contributed by atoms with Crippen LogP contribution in [0.5, 0.6) is 0 Å². The summed E-state index contributed by atoms with van der Waals surface area (Å²) in [5.41, 5.74) is 5.55. The van der Waals surface area contributed by atoms with E-state index in [9.17, 15) is 14.7 Å². The summed E-state index contributed by atoms with van der Waals surface area (Å²) in [7, 11) is 0. The van der Waals surface area contributed by atoms with Gasteiger partial charge in [0.2, 0.25) is 0 Å². The Hall–Kier alpha value is -3.97. The lowest BCUT2D eigenvalue weighted by Crippen LogP contribution is -2.48. The first-order chi connectivity index (χ1) is 18.9. The van der Waals surface area contributed by atoms with Gasteiger partial charge in [0.05, 0.1) is 28.3 Å². The van der Waals surface area contributed by atoms with Crippen molar-refractivity contribution in [2.45, 2.75) is 26.2 Å². The highest BCUT2D eigenvalue weighted by Crippen LogP contribution is 2.27. The number of fused-ring (bicyclic) bond motifs is 1. The molecule has 200 valence electrons. The predicted molar refractivity (Wildman–Crippen MR) is 154 cm³/mol. The lowest BCUT2D eigenvalue weighted by molar-refractivity contribution is -0.141. The molecule has 8 heteroatoms. The number of carboxylic acid groups (broad SMARTS) is 1. The second-order valence-electron chi connectivity index (χ2n) is 9.98. The number of aliphatic carboxylic acids is 1. The maximum absolute atomic E-state index is 13.4. The molecule has 5 rings (SSSR count). The van der Waals surface area contributed by atoms with Gasteiger partial charge in [-0.3, -0.25) is 9.59 Å². The van der Waals surface area contributed by atoms with Crippen LogP contribution in [0.3, 0.4) is 0 Å². The molecule has 7 nitrogen and oxygen atoms in total. The van der Waals surface area contributed by atoms with Crippen LogP contribution in [0.4, 0.5) is 5.69 Å². The molecule has 4 aromatic rings. The van der Waals surface area contributed by atoms with E-state index in [1.807, 2.05) is 65.6 Å². The molecule has 0 saturated carbocycles. The molecule has 1 unspecified atom stereocenters. The van der Waals surface area contributed by atoms with Crippen molar-refractivity contribution in [1.82, 2.24) is 14.9 Å². The Labute approximate surface area is 233 Å². The Kier molecular flexibility index (Phi) is 8.07. The lowest BCUT2D eigenvalue weighted by atomic mass is 10.0. The van der Waals surface area contributed by atoms with Gasteiger partial charge in [-0.2, -0.15) is 0 Å². The largest absolute Gasteiger partial charge is 0.481 e. The maximum Gasteiger partial charge on any atom is 0.306 e. The number of amides is 1. The average molecular weight is 543 g/mol. The first-order valence-corrected chi connectivity index (χ1v) is 13.7. The lowest BCUT2D eigenvalue weighted by Gasteiger charge is -2.36. The van der Waals surface area contributed by atoms with Gasteiger partial charge in [0.1, 0.15) is 0 Å². The summed E-state index contributed by atoms with van der Waals surface area (Å²) < 4.78 is 0. The number of anilines is 1. The number of para-hydroxylation sites is 1. The molecule has 0 bridgehead atoms. The molecule has 1 saturated heterocycles. The molecule has 39 heavy (non-hydrogen) atoms. The van der Waals surface area contributed by atoms with Crippen LogP contribution < -0.4 is 4.90 Å². The number of carbonyl (C=O) groups is 2. The van der Waals surface area contributed by atoms with Gasteiger partial charge in [-0.05, 0) is 61.7 Å². The number of hydrogen-bond donors (Lipinski definition) is 1. The second-order valence-corrected chi connectivity index (χ2v) is 10.4. The van der Waals surface area contributed by atoms with Gasteiger partial charge in [-0.15, -0.1) is 0 Å². The van der Waals surface area contributed by atoms with Crippen molar-refractivity contribution in [2.75, 3.05) is 31.1 Å². The van der Waals surface area contributed by atoms with Crippen molar-refractivity contribution in [3.8, 4) is 11.3 Å². The van der Waals surface area contributed by atoms with Crippen molar-refractivity contribution in [2.24, 2.45) is 5.92 Å². The highest BCUT2D eigenvalue weighted by molar-refractivity contribution is 6.30. The van der Waals surface area contributed by atoms with Crippen LogP contribution in [-0.4, -0.2) is 58.0 Å². The molecule has 1 aliphatic rings. The fourth-order valence-corrected chi connectivity index (χ4v) is 5.05. The van der Waals surface area contributed by atoms with Gasteiger partial charge >= 0.3 is 5.97 Å². The van der Waals surface area contributed by atoms with E-state index in [0.717, 1.165) is 30.0 Å². The van der Waals surface area contributed by atoms with Crippen LogP contribution >= 0.6 is 11.6 Å². The number of rotatable bonds is 8. The van der Waals surface area contributed by atoms with Crippen LogP contribution in [0, 0.1) is 5.92 Å². The molecule has 0 aliphatic carbocycles. The van der Waals surface area contributed by atoms with Crippen molar-refractivity contribution in [3.05, 3.63) is 89.1 Å². The van der Waals surface area contributed by atoms with Gasteiger partial charge in [-0.1, -0.05) is 48.9 Å². The molecule has 0 radical (unpaired) electrons. The van der Waals surface area contributed by atoms with Crippen LogP contribution in [0.15, 0.2) is 72.8 Å². The molecule has 3 aromatic carbocycles. The third-order valence-electron chi connectivity index (χ3n) is 7.26. The normalized spacial score (nSPS) is 14.4. The summed E-state index contributed by atoms with van der Waals surface area (Å²) in [6, 6.07) is 23.2. The highest BCUT2D eigenvalue weighted by atomic mass is 35.5. The molecular formula is C31H31ClN4O3. The van der Waals surface area contributed by atoms with E-state index in [1.54, 1.807) is 6.92 Å². The summed E-state index contributed by atoms with van der Waals surface area (Å²) in [6.45, 7) is 4.59.